The lowest BCUT2D eigenvalue weighted by molar-refractivity contribution is -0.140. The maximum Gasteiger partial charge on any atom is 0.295 e. The fraction of sp³-hybridized carbons (Fsp3) is 0.429. The molecule has 1 unspecified atom stereocenters. The molecule has 1 N–H and O–H groups in total. The fourth-order valence-corrected chi connectivity index (χ4v) is 4.24. The molecule has 7 heteroatoms. The van der Waals surface area contributed by atoms with Gasteiger partial charge in [0.15, 0.2) is 0 Å². The van der Waals surface area contributed by atoms with E-state index in [4.69, 9.17) is 9.47 Å². The van der Waals surface area contributed by atoms with Crippen LogP contribution in [0.1, 0.15) is 44.9 Å². The molecule has 2 aromatic carbocycles. The van der Waals surface area contributed by atoms with Gasteiger partial charge in [-0.25, -0.2) is 0 Å². The maximum absolute atomic E-state index is 13.3. The minimum atomic E-state index is -0.751. The van der Waals surface area contributed by atoms with Crippen LogP contribution in [0.4, 0.5) is 0 Å². The molecular weight excluding hydrogens is 444 g/mol. The van der Waals surface area contributed by atoms with Crippen LogP contribution in [0.2, 0.25) is 0 Å². The van der Waals surface area contributed by atoms with E-state index in [1.54, 1.807) is 42.3 Å². The molecule has 0 aromatic heterocycles. The molecule has 0 radical (unpaired) electrons. The average molecular weight is 481 g/mol. The number of rotatable bonds is 11. The molecule has 0 aliphatic carbocycles. The van der Waals surface area contributed by atoms with Crippen LogP contribution in [0.5, 0.6) is 11.5 Å². The standard InChI is InChI=1S/C28H36N2O5/c1-6-29(7-2)16-17-30-25(22-10-8-9-11-23(22)34-5)24(27(32)28(30)33)26(31)20-12-14-21(15-13-20)35-18-19(3)4/h8-15,19,25,31H,6-7,16-18H2,1-5H3/b26-24-. The zero-order valence-corrected chi connectivity index (χ0v) is 21.3. The number of para-hydroxylation sites is 1. The van der Waals surface area contributed by atoms with Crippen molar-refractivity contribution in [3.8, 4) is 11.5 Å². The number of ether oxygens (including phenoxy) is 2. The van der Waals surface area contributed by atoms with Crippen molar-refractivity contribution in [3.63, 3.8) is 0 Å². The largest absolute Gasteiger partial charge is 0.507 e. The molecule has 1 heterocycles. The number of ketones is 1. The van der Waals surface area contributed by atoms with Crippen LogP contribution in [0.3, 0.4) is 0 Å². The lowest BCUT2D eigenvalue weighted by Crippen LogP contribution is -2.38. The monoisotopic (exact) mass is 480 g/mol. The predicted octanol–water partition coefficient (Wildman–Crippen LogP) is 4.49. The summed E-state index contributed by atoms with van der Waals surface area (Å²) in [4.78, 5) is 30.2. The van der Waals surface area contributed by atoms with E-state index in [1.165, 1.54) is 0 Å². The molecule has 0 saturated carbocycles. The van der Waals surface area contributed by atoms with Crippen LogP contribution in [-0.4, -0.2) is 66.5 Å². The molecule has 0 bridgehead atoms. The predicted molar refractivity (Wildman–Crippen MR) is 137 cm³/mol. The number of carbonyl (C=O) groups excluding carboxylic acids is 2. The van der Waals surface area contributed by atoms with Crippen molar-refractivity contribution in [2.24, 2.45) is 5.92 Å². The third-order valence-electron chi connectivity index (χ3n) is 6.24. The smallest absolute Gasteiger partial charge is 0.295 e. The van der Waals surface area contributed by atoms with E-state index in [9.17, 15) is 14.7 Å². The lowest BCUT2D eigenvalue weighted by Gasteiger charge is -2.29. The number of likely N-dealkylation sites (tertiary alicyclic amines) is 1. The Morgan fingerprint density at radius 3 is 2.31 bits per heavy atom. The van der Waals surface area contributed by atoms with Gasteiger partial charge < -0.3 is 24.4 Å². The van der Waals surface area contributed by atoms with Crippen molar-refractivity contribution in [2.75, 3.05) is 39.9 Å². The van der Waals surface area contributed by atoms with Crippen molar-refractivity contribution in [2.45, 2.75) is 33.7 Å². The average Bonchev–Trinajstić information content (AvgIpc) is 3.12. The zero-order valence-electron chi connectivity index (χ0n) is 21.3. The number of hydrogen-bond donors (Lipinski definition) is 1. The van der Waals surface area contributed by atoms with Gasteiger partial charge in [-0.15, -0.1) is 0 Å². The highest BCUT2D eigenvalue weighted by molar-refractivity contribution is 6.46. The number of amides is 1. The van der Waals surface area contributed by atoms with Gasteiger partial charge >= 0.3 is 0 Å². The molecule has 1 fully saturated rings. The topological polar surface area (TPSA) is 79.3 Å². The van der Waals surface area contributed by atoms with E-state index >= 15 is 0 Å². The molecule has 1 saturated heterocycles. The number of hydrogen-bond acceptors (Lipinski definition) is 6. The van der Waals surface area contributed by atoms with Gasteiger partial charge in [0.2, 0.25) is 0 Å². The highest BCUT2D eigenvalue weighted by Crippen LogP contribution is 2.42. The number of Topliss-reactive ketones (excluding diaryl/α,β-unsaturated/α-hetero) is 1. The number of benzene rings is 2. The summed E-state index contributed by atoms with van der Waals surface area (Å²) in [6, 6.07) is 13.5. The van der Waals surface area contributed by atoms with Crippen molar-refractivity contribution >= 4 is 17.4 Å². The third kappa shape index (κ3) is 5.85. The Balaban J connectivity index is 2.05. The zero-order chi connectivity index (χ0) is 25.5. The molecule has 3 rings (SSSR count). The first-order valence-electron chi connectivity index (χ1n) is 12.2. The first-order chi connectivity index (χ1) is 16.8. The summed E-state index contributed by atoms with van der Waals surface area (Å²) >= 11 is 0. The van der Waals surface area contributed by atoms with E-state index in [-0.39, 0.29) is 11.3 Å². The van der Waals surface area contributed by atoms with E-state index in [1.807, 2.05) is 18.2 Å². The molecule has 2 aromatic rings. The number of methoxy groups -OCH3 is 1. The van der Waals surface area contributed by atoms with Crippen molar-refractivity contribution in [1.29, 1.82) is 0 Å². The van der Waals surface area contributed by atoms with Gasteiger partial charge in [-0.2, -0.15) is 0 Å². The summed E-state index contributed by atoms with van der Waals surface area (Å²) in [5.41, 5.74) is 1.17. The van der Waals surface area contributed by atoms with Gasteiger partial charge in [-0.05, 0) is 49.3 Å². The number of likely N-dealkylation sites (N-methyl/N-ethyl adjacent to an activating group) is 1. The normalized spacial score (nSPS) is 17.5. The summed E-state index contributed by atoms with van der Waals surface area (Å²) in [6.07, 6.45) is 0. The van der Waals surface area contributed by atoms with Crippen molar-refractivity contribution < 1.29 is 24.2 Å². The van der Waals surface area contributed by atoms with E-state index in [2.05, 4.69) is 32.6 Å². The summed E-state index contributed by atoms with van der Waals surface area (Å²) in [5, 5.41) is 11.3. The van der Waals surface area contributed by atoms with Crippen LogP contribution in [0, 0.1) is 5.92 Å². The first-order valence-corrected chi connectivity index (χ1v) is 12.2. The molecule has 1 amide bonds. The summed E-state index contributed by atoms with van der Waals surface area (Å²) in [7, 11) is 1.55. The molecule has 35 heavy (non-hydrogen) atoms. The van der Waals surface area contributed by atoms with Crippen LogP contribution >= 0.6 is 0 Å². The van der Waals surface area contributed by atoms with E-state index in [0.717, 1.165) is 13.1 Å². The molecule has 188 valence electrons. The fourth-order valence-electron chi connectivity index (χ4n) is 4.24. The maximum atomic E-state index is 13.3. The second kappa shape index (κ2) is 11.9. The Labute approximate surface area is 207 Å². The van der Waals surface area contributed by atoms with Gasteiger partial charge in [-0.1, -0.05) is 45.9 Å². The van der Waals surface area contributed by atoms with Crippen molar-refractivity contribution in [3.05, 3.63) is 65.2 Å². The highest BCUT2D eigenvalue weighted by atomic mass is 16.5. The number of carbonyl (C=O) groups is 2. The van der Waals surface area contributed by atoms with Gasteiger partial charge in [0, 0.05) is 24.2 Å². The van der Waals surface area contributed by atoms with Crippen molar-refractivity contribution in [1.82, 2.24) is 9.80 Å². The molecular formula is C28H36N2O5. The van der Waals surface area contributed by atoms with Crippen LogP contribution in [-0.2, 0) is 9.59 Å². The molecule has 7 nitrogen and oxygen atoms in total. The Morgan fingerprint density at radius 1 is 1.06 bits per heavy atom. The van der Waals surface area contributed by atoms with Crippen LogP contribution in [0.15, 0.2) is 54.1 Å². The second-order valence-corrected chi connectivity index (χ2v) is 8.99. The van der Waals surface area contributed by atoms with E-state index in [0.29, 0.717) is 48.2 Å². The summed E-state index contributed by atoms with van der Waals surface area (Å²) in [5.74, 6) is 0.0904. The summed E-state index contributed by atoms with van der Waals surface area (Å²) in [6.45, 7) is 11.5. The molecule has 1 atom stereocenters. The van der Waals surface area contributed by atoms with Gasteiger partial charge in [0.25, 0.3) is 11.7 Å². The Morgan fingerprint density at radius 2 is 1.71 bits per heavy atom. The van der Waals surface area contributed by atoms with Crippen LogP contribution < -0.4 is 9.47 Å². The van der Waals surface area contributed by atoms with Gasteiger partial charge in [-0.3, -0.25) is 9.59 Å². The van der Waals surface area contributed by atoms with Gasteiger partial charge in [0.1, 0.15) is 17.3 Å². The SMILES string of the molecule is CCN(CC)CCN1C(=O)C(=O)/C(=C(\O)c2ccc(OCC(C)C)cc2)C1c1ccccc1OC. The Kier molecular flexibility index (Phi) is 8.93. The number of nitrogens with zero attached hydrogens (tertiary/aromatic N) is 2. The third-order valence-corrected chi connectivity index (χ3v) is 6.24. The molecule has 1 aliphatic heterocycles. The Bertz CT molecular complexity index is 1060. The Hall–Kier alpha value is -3.32. The lowest BCUT2D eigenvalue weighted by atomic mass is 9.94. The quantitative estimate of drug-likeness (QED) is 0.290. The van der Waals surface area contributed by atoms with E-state index < -0.39 is 17.7 Å². The minimum Gasteiger partial charge on any atom is -0.507 e. The highest BCUT2D eigenvalue weighted by Gasteiger charge is 2.46. The number of aliphatic hydroxyl groups excluding tert-OH is 1. The summed E-state index contributed by atoms with van der Waals surface area (Å²) < 4.78 is 11.3. The minimum absolute atomic E-state index is 0.0647. The first kappa shape index (κ1) is 26.3. The second-order valence-electron chi connectivity index (χ2n) is 8.99. The van der Waals surface area contributed by atoms with Gasteiger partial charge in [0.05, 0.1) is 25.3 Å². The molecule has 1 aliphatic rings. The molecule has 0 spiro atoms. The van der Waals surface area contributed by atoms with Crippen LogP contribution in [0.25, 0.3) is 5.76 Å². The number of aliphatic hydroxyl groups is 1.